The van der Waals surface area contributed by atoms with Crippen LogP contribution in [0.1, 0.15) is 31.9 Å². The Morgan fingerprint density at radius 2 is 1.89 bits per heavy atom. The standard InChI is InChI=1S/C10H11N.C5H10O2/c1-7-5-8(2)10-9(6-7)3-4-11-10;1-5(2,3)7-4-6/h3-6,11H,1-2H3;4H,1-3H3. The van der Waals surface area contributed by atoms with Gasteiger partial charge >= 0.3 is 0 Å². The van der Waals surface area contributed by atoms with Gasteiger partial charge in [0.1, 0.15) is 5.60 Å². The molecule has 0 spiro atoms. The number of aryl methyl sites for hydroxylation is 2. The number of aromatic nitrogens is 1. The number of carbonyl (C=O) groups is 1. The highest BCUT2D eigenvalue weighted by Gasteiger charge is 2.07. The quantitative estimate of drug-likeness (QED) is 0.780. The summed E-state index contributed by atoms with van der Waals surface area (Å²) in [5.41, 5.74) is 3.59. The zero-order valence-corrected chi connectivity index (χ0v) is 11.7. The molecule has 0 aliphatic rings. The van der Waals surface area contributed by atoms with E-state index >= 15 is 0 Å². The van der Waals surface area contributed by atoms with Gasteiger partial charge in [-0.3, -0.25) is 4.79 Å². The van der Waals surface area contributed by atoms with E-state index in [0.29, 0.717) is 6.47 Å². The largest absolute Gasteiger partial charge is 0.462 e. The van der Waals surface area contributed by atoms with Gasteiger partial charge in [0.05, 0.1) is 0 Å². The Labute approximate surface area is 108 Å². The van der Waals surface area contributed by atoms with Gasteiger partial charge in [-0.25, -0.2) is 0 Å². The lowest BCUT2D eigenvalue weighted by Crippen LogP contribution is -2.17. The molecule has 0 bridgehead atoms. The average molecular weight is 247 g/mol. The monoisotopic (exact) mass is 247 g/mol. The highest BCUT2D eigenvalue weighted by Crippen LogP contribution is 2.18. The maximum absolute atomic E-state index is 9.60. The molecular formula is C15H21NO2. The second-order valence-corrected chi connectivity index (χ2v) is 5.35. The topological polar surface area (TPSA) is 42.1 Å². The Morgan fingerprint density at radius 1 is 1.22 bits per heavy atom. The summed E-state index contributed by atoms with van der Waals surface area (Å²) in [6.07, 6.45) is 1.98. The predicted molar refractivity (Wildman–Crippen MR) is 74.7 cm³/mol. The van der Waals surface area contributed by atoms with Crippen LogP contribution in [0.3, 0.4) is 0 Å². The fourth-order valence-electron chi connectivity index (χ4n) is 1.69. The maximum atomic E-state index is 9.60. The van der Waals surface area contributed by atoms with Crippen molar-refractivity contribution in [3.05, 3.63) is 35.5 Å². The van der Waals surface area contributed by atoms with Crippen LogP contribution >= 0.6 is 0 Å². The minimum Gasteiger partial charge on any atom is -0.462 e. The molecule has 1 aromatic carbocycles. The molecule has 0 aliphatic heterocycles. The van der Waals surface area contributed by atoms with E-state index in [-0.39, 0.29) is 5.60 Å². The van der Waals surface area contributed by atoms with Crippen LogP contribution in [0.5, 0.6) is 0 Å². The minimum absolute atomic E-state index is 0.318. The zero-order valence-electron chi connectivity index (χ0n) is 11.7. The molecule has 0 fully saturated rings. The summed E-state index contributed by atoms with van der Waals surface area (Å²) in [5.74, 6) is 0. The molecule has 0 saturated heterocycles. The molecule has 3 nitrogen and oxygen atoms in total. The number of nitrogens with one attached hydrogen (secondary N) is 1. The van der Waals surface area contributed by atoms with Gasteiger partial charge in [-0.05, 0) is 57.7 Å². The number of hydrogen-bond donors (Lipinski definition) is 1. The Bertz CT molecular complexity index is 521. The van der Waals surface area contributed by atoms with Crippen LogP contribution in [0, 0.1) is 13.8 Å². The third-order valence-electron chi connectivity index (χ3n) is 2.40. The first-order valence-electron chi connectivity index (χ1n) is 5.99. The minimum atomic E-state index is -0.318. The summed E-state index contributed by atoms with van der Waals surface area (Å²) in [5, 5.41) is 1.31. The number of rotatable bonds is 1. The molecule has 0 atom stereocenters. The molecule has 0 unspecified atom stereocenters. The van der Waals surface area contributed by atoms with E-state index in [0.717, 1.165) is 0 Å². The van der Waals surface area contributed by atoms with Crippen LogP contribution in [-0.2, 0) is 9.53 Å². The van der Waals surface area contributed by atoms with Gasteiger partial charge < -0.3 is 9.72 Å². The number of ether oxygens (including phenoxy) is 1. The van der Waals surface area contributed by atoms with Crippen molar-refractivity contribution in [2.75, 3.05) is 0 Å². The van der Waals surface area contributed by atoms with Gasteiger partial charge in [0, 0.05) is 11.7 Å². The van der Waals surface area contributed by atoms with Crippen molar-refractivity contribution in [1.82, 2.24) is 4.98 Å². The van der Waals surface area contributed by atoms with Crippen LogP contribution in [0.15, 0.2) is 24.4 Å². The fourth-order valence-corrected chi connectivity index (χ4v) is 1.69. The number of benzene rings is 1. The van der Waals surface area contributed by atoms with Crippen LogP contribution in [0.4, 0.5) is 0 Å². The Balaban J connectivity index is 0.000000203. The summed E-state index contributed by atoms with van der Waals surface area (Å²) in [6.45, 7) is 10.2. The fraction of sp³-hybridized carbons (Fsp3) is 0.400. The molecule has 2 rings (SSSR count). The number of aromatic amines is 1. The molecule has 0 amide bonds. The first-order valence-corrected chi connectivity index (χ1v) is 5.99. The van der Waals surface area contributed by atoms with E-state index in [1.165, 1.54) is 22.0 Å². The normalized spacial score (nSPS) is 10.7. The van der Waals surface area contributed by atoms with Crippen LogP contribution in [0.25, 0.3) is 10.9 Å². The van der Waals surface area contributed by atoms with Gasteiger partial charge in [0.2, 0.25) is 0 Å². The summed E-state index contributed by atoms with van der Waals surface area (Å²) in [7, 11) is 0. The lowest BCUT2D eigenvalue weighted by Gasteiger charge is -2.14. The van der Waals surface area contributed by atoms with Gasteiger partial charge in [0.15, 0.2) is 0 Å². The molecular weight excluding hydrogens is 226 g/mol. The van der Waals surface area contributed by atoms with Gasteiger partial charge in [-0.15, -0.1) is 0 Å². The van der Waals surface area contributed by atoms with Crippen molar-refractivity contribution in [3.63, 3.8) is 0 Å². The molecule has 0 saturated carbocycles. The van der Waals surface area contributed by atoms with Crippen molar-refractivity contribution >= 4 is 17.4 Å². The van der Waals surface area contributed by atoms with E-state index in [2.05, 4.69) is 41.8 Å². The number of fused-ring (bicyclic) bond motifs is 1. The van der Waals surface area contributed by atoms with Gasteiger partial charge in [0.25, 0.3) is 6.47 Å². The van der Waals surface area contributed by atoms with E-state index in [1.807, 2.05) is 27.0 Å². The van der Waals surface area contributed by atoms with Gasteiger partial charge in [-0.1, -0.05) is 11.6 Å². The van der Waals surface area contributed by atoms with E-state index in [4.69, 9.17) is 0 Å². The molecule has 3 heteroatoms. The first-order chi connectivity index (χ1) is 8.33. The molecule has 1 aromatic heterocycles. The first kappa shape index (κ1) is 14.3. The Kier molecular flexibility index (Phi) is 4.54. The summed E-state index contributed by atoms with van der Waals surface area (Å²) >= 11 is 0. The molecule has 0 radical (unpaired) electrons. The maximum Gasteiger partial charge on any atom is 0.293 e. The smallest absolute Gasteiger partial charge is 0.293 e. The van der Waals surface area contributed by atoms with E-state index in [1.54, 1.807) is 0 Å². The lowest BCUT2D eigenvalue weighted by molar-refractivity contribution is -0.138. The number of hydrogen-bond acceptors (Lipinski definition) is 2. The SMILES string of the molecule is CC(C)(C)OC=O.Cc1cc(C)c2[nH]ccc2c1. The van der Waals surface area contributed by atoms with Crippen LogP contribution < -0.4 is 0 Å². The zero-order chi connectivity index (χ0) is 13.8. The summed E-state index contributed by atoms with van der Waals surface area (Å²) < 4.78 is 4.55. The third-order valence-corrected chi connectivity index (χ3v) is 2.40. The second kappa shape index (κ2) is 5.71. The molecule has 1 heterocycles. The highest BCUT2D eigenvalue weighted by atomic mass is 16.5. The Hall–Kier alpha value is -1.77. The van der Waals surface area contributed by atoms with Crippen molar-refractivity contribution in [2.45, 2.75) is 40.2 Å². The van der Waals surface area contributed by atoms with E-state index < -0.39 is 0 Å². The predicted octanol–water partition coefficient (Wildman–Crippen LogP) is 3.74. The van der Waals surface area contributed by atoms with Crippen LogP contribution in [-0.4, -0.2) is 17.1 Å². The Morgan fingerprint density at radius 3 is 2.39 bits per heavy atom. The molecule has 2 aromatic rings. The molecule has 0 aliphatic carbocycles. The third kappa shape index (κ3) is 4.24. The summed E-state index contributed by atoms with van der Waals surface area (Å²) in [6, 6.07) is 6.49. The second-order valence-electron chi connectivity index (χ2n) is 5.35. The molecule has 18 heavy (non-hydrogen) atoms. The number of carbonyl (C=O) groups excluding carboxylic acids is 1. The van der Waals surface area contributed by atoms with Crippen molar-refractivity contribution in [2.24, 2.45) is 0 Å². The average Bonchev–Trinajstić information content (AvgIpc) is 2.64. The van der Waals surface area contributed by atoms with Crippen LogP contribution in [0.2, 0.25) is 0 Å². The highest BCUT2D eigenvalue weighted by molar-refractivity contribution is 5.83. The van der Waals surface area contributed by atoms with Crippen molar-refractivity contribution in [1.29, 1.82) is 0 Å². The van der Waals surface area contributed by atoms with Crippen molar-refractivity contribution < 1.29 is 9.53 Å². The summed E-state index contributed by atoms with van der Waals surface area (Å²) in [4.78, 5) is 12.8. The lowest BCUT2D eigenvalue weighted by atomic mass is 10.1. The molecule has 1 N–H and O–H groups in total. The van der Waals surface area contributed by atoms with E-state index in [9.17, 15) is 4.79 Å². The van der Waals surface area contributed by atoms with Crippen molar-refractivity contribution in [3.8, 4) is 0 Å². The number of H-pyrrole nitrogens is 1. The molecule has 98 valence electrons. The van der Waals surface area contributed by atoms with Gasteiger partial charge in [-0.2, -0.15) is 0 Å².